The van der Waals surface area contributed by atoms with E-state index in [9.17, 15) is 13.2 Å². The van der Waals surface area contributed by atoms with Gasteiger partial charge < -0.3 is 5.32 Å². The highest BCUT2D eigenvalue weighted by atomic mass is 32.2. The molecule has 9 heteroatoms. The zero-order valence-corrected chi connectivity index (χ0v) is 14.1. The summed E-state index contributed by atoms with van der Waals surface area (Å²) in [6, 6.07) is 6.03. The number of benzene rings is 1. The largest absolute Gasteiger partial charge is 0.446 e. The van der Waals surface area contributed by atoms with Crippen LogP contribution in [0.4, 0.5) is 18.9 Å². The van der Waals surface area contributed by atoms with Gasteiger partial charge in [0.05, 0.1) is 5.69 Å². The third-order valence-electron chi connectivity index (χ3n) is 2.59. The molecule has 118 valence electrons. The van der Waals surface area contributed by atoms with E-state index in [0.717, 1.165) is 10.6 Å². The lowest BCUT2D eigenvalue weighted by Gasteiger charge is -2.10. The molecule has 0 spiro atoms. The van der Waals surface area contributed by atoms with Gasteiger partial charge in [0.2, 0.25) is 0 Å². The van der Waals surface area contributed by atoms with E-state index in [1.54, 1.807) is 12.1 Å². The lowest BCUT2D eigenvalue weighted by atomic mass is 10.1. The van der Waals surface area contributed by atoms with E-state index in [4.69, 9.17) is 12.2 Å². The number of rotatable bonds is 4. The average molecular weight is 363 g/mol. The van der Waals surface area contributed by atoms with Crippen LogP contribution < -0.4 is 5.32 Å². The second kappa shape index (κ2) is 6.93. The van der Waals surface area contributed by atoms with Crippen LogP contribution in [0, 0.1) is 0 Å². The molecule has 3 nitrogen and oxygen atoms in total. The zero-order chi connectivity index (χ0) is 16.3. The molecular weight excluding hydrogens is 351 g/mol. The van der Waals surface area contributed by atoms with Crippen molar-refractivity contribution in [2.45, 2.75) is 30.2 Å². The normalized spacial score (nSPS) is 11.7. The van der Waals surface area contributed by atoms with Crippen LogP contribution in [0.25, 0.3) is 0 Å². The Balaban J connectivity index is 2.15. The SMILES string of the molecule is CC(C)c1nnsc1C(=S)Nc1cccc(SC(F)(F)F)c1. The second-order valence-corrected chi connectivity index (χ2v) is 6.97. The molecule has 22 heavy (non-hydrogen) atoms. The Morgan fingerprint density at radius 1 is 1.36 bits per heavy atom. The molecule has 1 aromatic carbocycles. The highest BCUT2D eigenvalue weighted by molar-refractivity contribution is 8.00. The van der Waals surface area contributed by atoms with Gasteiger partial charge in [0.1, 0.15) is 9.87 Å². The fourth-order valence-corrected chi connectivity index (χ4v) is 3.34. The predicted molar refractivity (Wildman–Crippen MR) is 87.7 cm³/mol. The summed E-state index contributed by atoms with van der Waals surface area (Å²) < 4.78 is 41.1. The van der Waals surface area contributed by atoms with Crippen LogP contribution in [0.3, 0.4) is 0 Å². The average Bonchev–Trinajstić information content (AvgIpc) is 2.86. The molecule has 1 N–H and O–H groups in total. The smallest absolute Gasteiger partial charge is 0.345 e. The summed E-state index contributed by atoms with van der Waals surface area (Å²) in [6.45, 7) is 3.95. The van der Waals surface area contributed by atoms with Crippen LogP contribution in [0.2, 0.25) is 0 Å². The molecule has 0 saturated carbocycles. The predicted octanol–water partition coefficient (Wildman–Crippen LogP) is 5.06. The van der Waals surface area contributed by atoms with Crippen LogP contribution in [-0.2, 0) is 0 Å². The van der Waals surface area contributed by atoms with E-state index in [1.807, 2.05) is 13.8 Å². The molecule has 0 amide bonds. The number of nitrogens with one attached hydrogen (secondary N) is 1. The minimum absolute atomic E-state index is 0.104. The van der Waals surface area contributed by atoms with Gasteiger partial charge in [-0.2, -0.15) is 13.2 Å². The van der Waals surface area contributed by atoms with Gasteiger partial charge in [0.15, 0.2) is 0 Å². The Bertz CT molecular complexity index is 668. The molecule has 2 aromatic rings. The van der Waals surface area contributed by atoms with Crippen molar-refractivity contribution in [3.8, 4) is 0 Å². The van der Waals surface area contributed by atoms with Crippen molar-refractivity contribution in [3.63, 3.8) is 0 Å². The van der Waals surface area contributed by atoms with Crippen LogP contribution >= 0.6 is 35.5 Å². The summed E-state index contributed by atoms with van der Waals surface area (Å²) >= 11 is 6.32. The summed E-state index contributed by atoms with van der Waals surface area (Å²) in [5.41, 5.74) is -3.03. The zero-order valence-electron chi connectivity index (χ0n) is 11.6. The first-order valence-corrected chi connectivity index (χ1v) is 8.25. The molecule has 2 rings (SSSR count). The first-order chi connectivity index (χ1) is 10.3. The number of hydrogen-bond donors (Lipinski definition) is 1. The lowest BCUT2D eigenvalue weighted by molar-refractivity contribution is -0.0328. The first-order valence-electron chi connectivity index (χ1n) is 6.25. The van der Waals surface area contributed by atoms with Crippen LogP contribution in [0.5, 0.6) is 0 Å². The van der Waals surface area contributed by atoms with Crippen LogP contribution in [0.1, 0.15) is 30.3 Å². The fourth-order valence-electron chi connectivity index (χ4n) is 1.69. The highest BCUT2D eigenvalue weighted by Gasteiger charge is 2.29. The molecule has 0 aliphatic heterocycles. The maximum atomic E-state index is 12.4. The standard InChI is InChI=1S/C13H12F3N3S3/c1-7(2)10-11(22-19-18-10)12(20)17-8-4-3-5-9(6-8)21-13(14,15)16/h3-7H,1-2H3,(H,17,20). The Morgan fingerprint density at radius 2 is 2.09 bits per heavy atom. The first kappa shape index (κ1) is 17.2. The summed E-state index contributed by atoms with van der Waals surface area (Å²) in [4.78, 5) is 1.25. The number of alkyl halides is 3. The molecule has 0 aliphatic rings. The molecule has 0 saturated heterocycles. The van der Waals surface area contributed by atoms with E-state index >= 15 is 0 Å². The van der Waals surface area contributed by atoms with Gasteiger partial charge in [-0.3, -0.25) is 0 Å². The molecule has 1 aromatic heterocycles. The molecule has 0 aliphatic carbocycles. The van der Waals surface area contributed by atoms with Gasteiger partial charge >= 0.3 is 5.51 Å². The van der Waals surface area contributed by atoms with Gasteiger partial charge in [-0.05, 0) is 47.4 Å². The third kappa shape index (κ3) is 4.65. The third-order valence-corrected chi connectivity index (χ3v) is 4.51. The summed E-state index contributed by atoms with van der Waals surface area (Å²) in [5.74, 6) is 0.167. The Hall–Kier alpha value is -1.19. The number of anilines is 1. The molecule has 0 radical (unpaired) electrons. The van der Waals surface area contributed by atoms with E-state index in [1.165, 1.54) is 23.7 Å². The summed E-state index contributed by atoms with van der Waals surface area (Å²) in [5, 5.41) is 6.98. The van der Waals surface area contributed by atoms with Crippen molar-refractivity contribution in [3.05, 3.63) is 34.8 Å². The van der Waals surface area contributed by atoms with Crippen molar-refractivity contribution in [1.82, 2.24) is 9.59 Å². The number of nitrogens with zero attached hydrogens (tertiary/aromatic N) is 2. The summed E-state index contributed by atoms with van der Waals surface area (Å²) in [7, 11) is 0. The quantitative estimate of drug-likeness (QED) is 0.607. The molecule has 0 fully saturated rings. The highest BCUT2D eigenvalue weighted by Crippen LogP contribution is 2.37. The number of hydrogen-bond acceptors (Lipinski definition) is 5. The second-order valence-electron chi connectivity index (χ2n) is 4.67. The minimum atomic E-state index is -4.31. The Morgan fingerprint density at radius 3 is 2.73 bits per heavy atom. The van der Waals surface area contributed by atoms with Gasteiger partial charge in [-0.15, -0.1) is 5.10 Å². The molecule has 1 heterocycles. The van der Waals surface area contributed by atoms with E-state index < -0.39 is 5.51 Å². The Kier molecular flexibility index (Phi) is 5.41. The number of thiocarbonyl (C=S) groups is 1. The fraction of sp³-hybridized carbons (Fsp3) is 0.308. The molecule has 0 atom stereocenters. The number of thioether (sulfide) groups is 1. The monoisotopic (exact) mass is 363 g/mol. The van der Waals surface area contributed by atoms with E-state index in [0.29, 0.717) is 10.7 Å². The van der Waals surface area contributed by atoms with Gasteiger partial charge in [-0.25, -0.2) is 0 Å². The maximum Gasteiger partial charge on any atom is 0.446 e. The molecule has 0 bridgehead atoms. The van der Waals surface area contributed by atoms with E-state index in [-0.39, 0.29) is 22.6 Å². The van der Waals surface area contributed by atoms with Gasteiger partial charge in [0, 0.05) is 10.6 Å². The lowest BCUT2D eigenvalue weighted by Crippen LogP contribution is -2.12. The van der Waals surface area contributed by atoms with Crippen molar-refractivity contribution < 1.29 is 13.2 Å². The van der Waals surface area contributed by atoms with Crippen LogP contribution in [0.15, 0.2) is 29.2 Å². The summed E-state index contributed by atoms with van der Waals surface area (Å²) in [6.07, 6.45) is 0. The number of aromatic nitrogens is 2. The minimum Gasteiger partial charge on any atom is -0.345 e. The maximum absolute atomic E-state index is 12.4. The van der Waals surface area contributed by atoms with Crippen molar-refractivity contribution in [1.29, 1.82) is 0 Å². The van der Waals surface area contributed by atoms with Crippen molar-refractivity contribution in [2.75, 3.05) is 5.32 Å². The molecular formula is C13H12F3N3S3. The topological polar surface area (TPSA) is 37.8 Å². The Labute approximate surface area is 139 Å². The van der Waals surface area contributed by atoms with E-state index in [2.05, 4.69) is 14.9 Å². The van der Waals surface area contributed by atoms with Gasteiger partial charge in [-0.1, -0.05) is 36.6 Å². The van der Waals surface area contributed by atoms with Crippen molar-refractivity contribution >= 4 is 46.2 Å². The number of halogens is 3. The van der Waals surface area contributed by atoms with Gasteiger partial charge in [0.25, 0.3) is 0 Å². The van der Waals surface area contributed by atoms with Crippen LogP contribution in [-0.4, -0.2) is 20.1 Å². The molecule has 0 unspecified atom stereocenters. The van der Waals surface area contributed by atoms with Crippen molar-refractivity contribution in [2.24, 2.45) is 0 Å².